The summed E-state index contributed by atoms with van der Waals surface area (Å²) in [4.78, 5) is 8.67. The van der Waals surface area contributed by atoms with Crippen molar-refractivity contribution in [2.75, 3.05) is 37.6 Å². The van der Waals surface area contributed by atoms with Gasteiger partial charge in [-0.2, -0.15) is 0 Å². The predicted octanol–water partition coefficient (Wildman–Crippen LogP) is 0.787. The first-order valence-corrected chi connectivity index (χ1v) is 6.51. The smallest absolute Gasteiger partial charge is 0.208 e. The van der Waals surface area contributed by atoms with Crippen molar-refractivity contribution in [3.63, 3.8) is 0 Å². The summed E-state index contributed by atoms with van der Waals surface area (Å²) in [5, 5.41) is 0. The average molecular weight is 265 g/mol. The molecule has 1 aromatic carbocycles. The maximum absolute atomic E-state index is 12.9. The van der Waals surface area contributed by atoms with Gasteiger partial charge < -0.3 is 9.80 Å². The zero-order valence-corrected chi connectivity index (χ0v) is 11.1. The monoisotopic (exact) mass is 265 g/mol. The van der Waals surface area contributed by atoms with Crippen LogP contribution in [0.4, 0.5) is 10.1 Å². The Kier molecular flexibility index (Phi) is 4.57. The van der Waals surface area contributed by atoms with Gasteiger partial charge in [-0.15, -0.1) is 0 Å². The number of hydrogen-bond donors (Lipinski definition) is 2. The summed E-state index contributed by atoms with van der Waals surface area (Å²) in [6.07, 6.45) is 0. The third kappa shape index (κ3) is 3.35. The third-order valence-corrected chi connectivity index (χ3v) is 3.21. The zero-order valence-electron chi connectivity index (χ0n) is 11.1. The number of piperazine rings is 1. The second-order valence-corrected chi connectivity index (χ2v) is 4.39. The number of anilines is 1. The number of rotatable bonds is 2. The molecule has 1 aromatic rings. The van der Waals surface area contributed by atoms with E-state index < -0.39 is 0 Å². The third-order valence-electron chi connectivity index (χ3n) is 3.21. The van der Waals surface area contributed by atoms with Crippen LogP contribution in [0.3, 0.4) is 0 Å². The molecule has 0 amide bonds. The molecule has 0 bridgehead atoms. The molecule has 0 saturated carbocycles. The maximum Gasteiger partial charge on any atom is 0.208 e. The van der Waals surface area contributed by atoms with E-state index >= 15 is 0 Å². The highest BCUT2D eigenvalue weighted by molar-refractivity contribution is 5.79. The van der Waals surface area contributed by atoms with Crippen molar-refractivity contribution in [1.29, 1.82) is 0 Å². The van der Waals surface area contributed by atoms with Crippen LogP contribution in [0.2, 0.25) is 0 Å². The molecule has 1 aliphatic rings. The second kappa shape index (κ2) is 6.38. The summed E-state index contributed by atoms with van der Waals surface area (Å²) in [7, 11) is 0. The SMILES string of the molecule is CCN=C(NN)N1CCN(c2ccc(F)cc2)CC1. The average Bonchev–Trinajstić information content (AvgIpc) is 2.46. The molecule has 3 N–H and O–H groups in total. The van der Waals surface area contributed by atoms with Gasteiger partial charge in [0.15, 0.2) is 0 Å². The van der Waals surface area contributed by atoms with Crippen LogP contribution in [0.1, 0.15) is 6.92 Å². The van der Waals surface area contributed by atoms with Gasteiger partial charge in [-0.3, -0.25) is 10.4 Å². The Bertz CT molecular complexity index is 423. The molecule has 1 aliphatic heterocycles. The van der Waals surface area contributed by atoms with Crippen LogP contribution in [-0.2, 0) is 0 Å². The second-order valence-electron chi connectivity index (χ2n) is 4.39. The van der Waals surface area contributed by atoms with Gasteiger partial charge >= 0.3 is 0 Å². The minimum absolute atomic E-state index is 0.202. The summed E-state index contributed by atoms with van der Waals surface area (Å²) < 4.78 is 12.9. The summed E-state index contributed by atoms with van der Waals surface area (Å²) in [5.74, 6) is 6.01. The highest BCUT2D eigenvalue weighted by atomic mass is 19.1. The van der Waals surface area contributed by atoms with Crippen LogP contribution < -0.4 is 16.2 Å². The zero-order chi connectivity index (χ0) is 13.7. The molecule has 19 heavy (non-hydrogen) atoms. The van der Waals surface area contributed by atoms with Crippen molar-refractivity contribution in [3.8, 4) is 0 Å². The fourth-order valence-corrected chi connectivity index (χ4v) is 2.22. The van der Waals surface area contributed by atoms with Crippen LogP contribution in [-0.4, -0.2) is 43.6 Å². The topological polar surface area (TPSA) is 56.9 Å². The first-order chi connectivity index (χ1) is 9.24. The van der Waals surface area contributed by atoms with Crippen LogP contribution in [0.5, 0.6) is 0 Å². The number of benzene rings is 1. The molecule has 5 nitrogen and oxygen atoms in total. The first kappa shape index (κ1) is 13.6. The fraction of sp³-hybridized carbons (Fsp3) is 0.462. The van der Waals surface area contributed by atoms with Gasteiger partial charge in [-0.25, -0.2) is 10.2 Å². The Morgan fingerprint density at radius 3 is 2.42 bits per heavy atom. The number of nitrogens with one attached hydrogen (secondary N) is 1. The standard InChI is InChI=1S/C13H20FN5/c1-2-16-13(17-15)19-9-7-18(8-10-19)12-5-3-11(14)4-6-12/h3-6H,2,7-10,15H2,1H3,(H,16,17). The van der Waals surface area contributed by atoms with Gasteiger partial charge in [0.2, 0.25) is 5.96 Å². The van der Waals surface area contributed by atoms with E-state index in [2.05, 4.69) is 20.2 Å². The quantitative estimate of drug-likeness (QED) is 0.359. The molecule has 0 unspecified atom stereocenters. The van der Waals surface area contributed by atoms with Crippen molar-refractivity contribution in [2.24, 2.45) is 10.8 Å². The van der Waals surface area contributed by atoms with E-state index in [0.29, 0.717) is 6.54 Å². The normalized spacial score (nSPS) is 16.7. The molecule has 0 radical (unpaired) electrons. The number of nitrogens with zero attached hydrogens (tertiary/aromatic N) is 3. The minimum Gasteiger partial charge on any atom is -0.368 e. The molecule has 0 spiro atoms. The van der Waals surface area contributed by atoms with Crippen LogP contribution in [0.25, 0.3) is 0 Å². The predicted molar refractivity (Wildman–Crippen MR) is 75.5 cm³/mol. The van der Waals surface area contributed by atoms with Gasteiger partial charge in [-0.1, -0.05) is 0 Å². The molecule has 0 aromatic heterocycles. The lowest BCUT2D eigenvalue weighted by atomic mass is 10.2. The maximum atomic E-state index is 12.9. The molecule has 1 heterocycles. The Balaban J connectivity index is 1.95. The van der Waals surface area contributed by atoms with Crippen LogP contribution in [0, 0.1) is 5.82 Å². The largest absolute Gasteiger partial charge is 0.368 e. The number of aliphatic imine (C=N–C) groups is 1. The van der Waals surface area contributed by atoms with E-state index in [-0.39, 0.29) is 5.82 Å². The summed E-state index contributed by atoms with van der Waals surface area (Å²) in [5.41, 5.74) is 3.69. The van der Waals surface area contributed by atoms with E-state index in [1.54, 1.807) is 0 Å². The van der Waals surface area contributed by atoms with Gasteiger partial charge in [0.1, 0.15) is 5.82 Å². The highest BCUT2D eigenvalue weighted by Crippen LogP contribution is 2.16. The highest BCUT2D eigenvalue weighted by Gasteiger charge is 2.19. The molecule has 0 atom stereocenters. The number of halogens is 1. The summed E-state index contributed by atoms with van der Waals surface area (Å²) >= 11 is 0. The number of hydrogen-bond acceptors (Lipinski definition) is 3. The molecule has 104 valence electrons. The van der Waals surface area contributed by atoms with Gasteiger partial charge in [-0.05, 0) is 31.2 Å². The molecule has 2 rings (SSSR count). The summed E-state index contributed by atoms with van der Waals surface area (Å²) in [6.45, 7) is 6.12. The van der Waals surface area contributed by atoms with Crippen molar-refractivity contribution in [1.82, 2.24) is 10.3 Å². The first-order valence-electron chi connectivity index (χ1n) is 6.51. The van der Waals surface area contributed by atoms with Crippen molar-refractivity contribution in [2.45, 2.75) is 6.92 Å². The van der Waals surface area contributed by atoms with Crippen LogP contribution in [0.15, 0.2) is 29.3 Å². The van der Waals surface area contributed by atoms with Crippen molar-refractivity contribution >= 4 is 11.6 Å². The Hall–Kier alpha value is -1.82. The molecular formula is C13H20FN5. The molecule has 0 aliphatic carbocycles. The van der Waals surface area contributed by atoms with Gasteiger partial charge in [0, 0.05) is 38.4 Å². The Labute approximate surface area is 112 Å². The number of guanidine groups is 1. The molecule has 6 heteroatoms. The van der Waals surface area contributed by atoms with E-state index in [1.807, 2.05) is 19.1 Å². The Morgan fingerprint density at radius 1 is 1.26 bits per heavy atom. The lowest BCUT2D eigenvalue weighted by molar-refractivity contribution is 0.372. The minimum atomic E-state index is -0.202. The number of nitrogens with two attached hydrogens (primary N) is 1. The number of hydrazine groups is 1. The van der Waals surface area contributed by atoms with Crippen LogP contribution >= 0.6 is 0 Å². The van der Waals surface area contributed by atoms with Gasteiger partial charge in [0.25, 0.3) is 0 Å². The summed E-state index contributed by atoms with van der Waals surface area (Å²) in [6, 6.07) is 6.61. The van der Waals surface area contributed by atoms with E-state index in [0.717, 1.165) is 37.8 Å². The molecule has 1 fully saturated rings. The molecule has 1 saturated heterocycles. The van der Waals surface area contributed by atoms with E-state index in [1.165, 1.54) is 12.1 Å². The van der Waals surface area contributed by atoms with E-state index in [9.17, 15) is 4.39 Å². The fourth-order valence-electron chi connectivity index (χ4n) is 2.22. The lowest BCUT2D eigenvalue weighted by Gasteiger charge is -2.37. The van der Waals surface area contributed by atoms with Crippen molar-refractivity contribution in [3.05, 3.63) is 30.1 Å². The van der Waals surface area contributed by atoms with Gasteiger partial charge in [0.05, 0.1) is 0 Å². The lowest BCUT2D eigenvalue weighted by Crippen LogP contribution is -2.54. The molecular weight excluding hydrogens is 245 g/mol. The van der Waals surface area contributed by atoms with E-state index in [4.69, 9.17) is 5.84 Å². The Morgan fingerprint density at radius 2 is 1.89 bits per heavy atom. The van der Waals surface area contributed by atoms with Crippen molar-refractivity contribution < 1.29 is 4.39 Å².